The Balaban J connectivity index is 0.000000278. The van der Waals surface area contributed by atoms with Gasteiger partial charge in [0.05, 0.1) is 0 Å². The molecule has 19 heavy (non-hydrogen) atoms. The molecule has 0 aliphatic heterocycles. The predicted octanol–water partition coefficient (Wildman–Crippen LogP) is 2.83. The van der Waals surface area contributed by atoms with Gasteiger partial charge < -0.3 is 5.92 Å². The van der Waals surface area contributed by atoms with Crippen molar-refractivity contribution in [3.63, 3.8) is 0 Å². The second-order valence-electron chi connectivity index (χ2n) is 3.51. The van der Waals surface area contributed by atoms with Crippen LogP contribution in [-0.4, -0.2) is 9.57 Å². The predicted molar refractivity (Wildman–Crippen MR) is 72.6 cm³/mol. The Morgan fingerprint density at radius 3 is 2.37 bits per heavy atom. The molecule has 0 saturated carbocycles. The fourth-order valence-electron chi connectivity index (χ4n) is 1.42. The molecule has 0 fully saturated rings. The van der Waals surface area contributed by atoms with Gasteiger partial charge in [-0.15, -0.1) is 12.0 Å². The summed E-state index contributed by atoms with van der Waals surface area (Å²) in [5.74, 6) is 5.65. The van der Waals surface area contributed by atoms with Crippen molar-refractivity contribution in [3.8, 4) is 11.8 Å². The summed E-state index contributed by atoms with van der Waals surface area (Å²) in [4.78, 5) is 20.7. The minimum Gasteiger partial charge on any atom is -0.300 e. The molecule has 0 amide bonds. The van der Waals surface area contributed by atoms with Gasteiger partial charge in [-0.1, -0.05) is 6.08 Å². The Morgan fingerprint density at radius 1 is 1.26 bits per heavy atom. The van der Waals surface area contributed by atoms with Crippen LogP contribution in [-0.2, 0) is 23.7 Å². The standard InChI is InChI=1S/C9H11.C5H5.2CO.Fe/c1-2-6-9-7-4-3-5-8-9;1-2-4-5-3-1;2*1-2;/h7H,1,3-5,8H2;1-3H,4H2;;;/q2*-1;;;. The van der Waals surface area contributed by atoms with Crippen LogP contribution in [0.1, 0.15) is 32.1 Å². The first kappa shape index (κ1) is 17.3. The summed E-state index contributed by atoms with van der Waals surface area (Å²) in [5.41, 5.74) is 1.29. The minimum absolute atomic E-state index is 0.222. The molecule has 0 aromatic heterocycles. The van der Waals surface area contributed by atoms with E-state index in [0.29, 0.717) is 0 Å². The third-order valence-electron chi connectivity index (χ3n) is 2.20. The van der Waals surface area contributed by atoms with E-state index in [1.807, 2.05) is 12.2 Å². The largest absolute Gasteiger partial charge is 0.300 e. The summed E-state index contributed by atoms with van der Waals surface area (Å²) in [6.07, 6.45) is 17.2. The van der Waals surface area contributed by atoms with E-state index < -0.39 is 0 Å². The zero-order valence-electron chi connectivity index (χ0n) is 10.7. The molecule has 0 aromatic rings. The molecule has 0 heterocycles. The van der Waals surface area contributed by atoms with Crippen LogP contribution in [0, 0.1) is 24.8 Å². The van der Waals surface area contributed by atoms with E-state index in [2.05, 4.69) is 37.0 Å². The van der Waals surface area contributed by atoms with Gasteiger partial charge in [-0.2, -0.15) is 13.0 Å². The Kier molecular flexibility index (Phi) is 13.1. The van der Waals surface area contributed by atoms with E-state index in [1.165, 1.54) is 40.8 Å². The van der Waals surface area contributed by atoms with Crippen molar-refractivity contribution in [2.75, 3.05) is 0 Å². The van der Waals surface area contributed by atoms with Crippen LogP contribution in [0.15, 0.2) is 29.9 Å². The van der Waals surface area contributed by atoms with Gasteiger partial charge in [-0.25, -0.2) is 12.2 Å². The van der Waals surface area contributed by atoms with Crippen molar-refractivity contribution in [2.24, 2.45) is 0 Å². The summed E-state index contributed by atoms with van der Waals surface area (Å²) in [6.45, 7) is 3.48. The molecular weight excluding hydrogens is 280 g/mol. The number of rotatable bonds is 0. The molecule has 0 saturated heterocycles. The van der Waals surface area contributed by atoms with E-state index in [0.717, 1.165) is 6.42 Å². The van der Waals surface area contributed by atoms with Crippen molar-refractivity contribution in [1.29, 1.82) is 0 Å². The van der Waals surface area contributed by atoms with Gasteiger partial charge in [0.1, 0.15) is 0 Å². The SMILES string of the molecule is O=[C]=[Fe]=[C]=O.[C-]1=CC=CC1.[CH2-]C#CC1=CCCCC1. The second-order valence-corrected chi connectivity index (χ2v) is 4.24. The zero-order valence-corrected chi connectivity index (χ0v) is 11.8. The Morgan fingerprint density at radius 2 is 2.05 bits per heavy atom. The van der Waals surface area contributed by atoms with Gasteiger partial charge in [-0.05, 0) is 25.7 Å². The van der Waals surface area contributed by atoms with Crippen molar-refractivity contribution >= 4 is 9.57 Å². The molecule has 2 rings (SSSR count). The van der Waals surface area contributed by atoms with E-state index in [4.69, 9.17) is 9.59 Å². The van der Waals surface area contributed by atoms with Gasteiger partial charge in [0.15, 0.2) is 0 Å². The molecule has 0 unspecified atom stereocenters. The minimum atomic E-state index is -0.222. The third kappa shape index (κ3) is 12.6. The average molecular weight is 296 g/mol. The van der Waals surface area contributed by atoms with Crippen molar-refractivity contribution < 1.29 is 23.7 Å². The molecular formula is C16H16FeO2-2. The van der Waals surface area contributed by atoms with Crippen molar-refractivity contribution in [3.05, 3.63) is 42.9 Å². The smallest absolute Gasteiger partial charge is 0.0355 e. The van der Waals surface area contributed by atoms with Gasteiger partial charge in [0.25, 0.3) is 0 Å². The van der Waals surface area contributed by atoms with Gasteiger partial charge >= 0.3 is 33.2 Å². The Labute approximate surface area is 120 Å². The first-order valence-electron chi connectivity index (χ1n) is 5.88. The third-order valence-corrected chi connectivity index (χ3v) is 2.42. The van der Waals surface area contributed by atoms with Crippen molar-refractivity contribution in [2.45, 2.75) is 32.1 Å². The zero-order chi connectivity index (χ0) is 14.2. The Bertz CT molecular complexity index is 477. The molecule has 0 bridgehead atoms. The monoisotopic (exact) mass is 296 g/mol. The first-order chi connectivity index (χ1) is 9.35. The first-order valence-corrected chi connectivity index (χ1v) is 6.99. The summed E-state index contributed by atoms with van der Waals surface area (Å²) in [6, 6.07) is 0. The van der Waals surface area contributed by atoms with Crippen LogP contribution in [0.3, 0.4) is 0 Å². The summed E-state index contributed by atoms with van der Waals surface area (Å²) >= 11 is -0.222. The molecule has 0 spiro atoms. The number of hydrogen-bond acceptors (Lipinski definition) is 2. The number of allylic oxidation sites excluding steroid dienone is 6. The van der Waals surface area contributed by atoms with Crippen molar-refractivity contribution in [1.82, 2.24) is 0 Å². The van der Waals surface area contributed by atoms with Gasteiger partial charge in [0.2, 0.25) is 0 Å². The maximum absolute atomic E-state index is 9.02. The van der Waals surface area contributed by atoms with E-state index in [1.54, 1.807) is 0 Å². The molecule has 0 aromatic carbocycles. The van der Waals surface area contributed by atoms with Gasteiger partial charge in [0, 0.05) is 0 Å². The van der Waals surface area contributed by atoms with Gasteiger partial charge in [-0.3, -0.25) is 12.0 Å². The quantitative estimate of drug-likeness (QED) is 0.391. The average Bonchev–Trinajstić information content (AvgIpc) is 3.01. The van der Waals surface area contributed by atoms with E-state index in [9.17, 15) is 0 Å². The molecule has 2 aliphatic carbocycles. The maximum Gasteiger partial charge on any atom is -0.0355 e. The molecule has 0 radical (unpaired) electrons. The molecule has 0 atom stereocenters. The van der Waals surface area contributed by atoms with E-state index in [-0.39, 0.29) is 14.1 Å². The molecule has 2 nitrogen and oxygen atoms in total. The van der Waals surface area contributed by atoms with Crippen LogP contribution in [0.25, 0.3) is 0 Å². The summed E-state index contributed by atoms with van der Waals surface area (Å²) < 4.78 is 0. The van der Waals surface area contributed by atoms with Crippen LogP contribution in [0.5, 0.6) is 0 Å². The fourth-order valence-corrected chi connectivity index (χ4v) is 1.47. The number of carbonyl (C=O) groups excluding carboxylic acids is 2. The molecule has 0 N–H and O–H groups in total. The van der Waals surface area contributed by atoms with Crippen LogP contribution < -0.4 is 0 Å². The fraction of sp³-hybridized carbons (Fsp3) is 0.312. The normalized spacial score (nSPS) is 14.2. The summed E-state index contributed by atoms with van der Waals surface area (Å²) in [5, 5.41) is 0. The molecule has 102 valence electrons. The summed E-state index contributed by atoms with van der Waals surface area (Å²) in [7, 11) is 0. The molecule has 2 aliphatic rings. The van der Waals surface area contributed by atoms with Crippen LogP contribution in [0.2, 0.25) is 0 Å². The van der Waals surface area contributed by atoms with Crippen LogP contribution >= 0.6 is 0 Å². The topological polar surface area (TPSA) is 34.1 Å². The van der Waals surface area contributed by atoms with E-state index >= 15 is 0 Å². The second kappa shape index (κ2) is 14.4. The maximum atomic E-state index is 9.02. The van der Waals surface area contributed by atoms with Crippen LogP contribution in [0.4, 0.5) is 0 Å². The molecule has 3 heteroatoms. The Hall–Kier alpha value is -1.67. The number of hydrogen-bond donors (Lipinski definition) is 0.